The lowest BCUT2D eigenvalue weighted by atomic mass is 10.1. The van der Waals surface area contributed by atoms with Gasteiger partial charge in [0.1, 0.15) is 0 Å². The van der Waals surface area contributed by atoms with Crippen molar-refractivity contribution in [1.29, 1.82) is 0 Å². The largest absolute Gasteiger partial charge is 0.293 e. The van der Waals surface area contributed by atoms with E-state index < -0.39 is 0 Å². The third kappa shape index (κ3) is 3.70. The van der Waals surface area contributed by atoms with Gasteiger partial charge in [-0.25, -0.2) is 0 Å². The first-order valence-corrected chi connectivity index (χ1v) is 7.91. The summed E-state index contributed by atoms with van der Waals surface area (Å²) < 4.78 is 0. The van der Waals surface area contributed by atoms with Crippen molar-refractivity contribution in [1.82, 2.24) is 0 Å². The molecule has 5 heteroatoms. The number of Topliss-reactive ketones (excluding diaryl/α,β-unsaturated/α-hetero) is 1. The summed E-state index contributed by atoms with van der Waals surface area (Å²) in [6.07, 6.45) is 0. The van der Waals surface area contributed by atoms with Crippen LogP contribution >= 0.6 is 46.6 Å². The van der Waals surface area contributed by atoms with Crippen LogP contribution < -0.4 is 0 Å². The van der Waals surface area contributed by atoms with E-state index in [0.717, 1.165) is 4.90 Å². The van der Waals surface area contributed by atoms with Crippen molar-refractivity contribution < 1.29 is 4.79 Å². The van der Waals surface area contributed by atoms with Crippen molar-refractivity contribution in [3.63, 3.8) is 0 Å². The maximum absolute atomic E-state index is 12.4. The number of halogens is 3. The summed E-state index contributed by atoms with van der Waals surface area (Å²) in [6.45, 7) is 1.83. The molecule has 0 spiro atoms. The van der Waals surface area contributed by atoms with Crippen LogP contribution in [0.2, 0.25) is 15.1 Å². The molecule has 1 nitrogen and oxygen atoms in total. The quantitative estimate of drug-likeness (QED) is 0.498. The molecule has 0 bridgehead atoms. The third-order valence-electron chi connectivity index (χ3n) is 2.71. The predicted octanol–water partition coefficient (Wildman–Crippen LogP) is 6.01. The van der Waals surface area contributed by atoms with Crippen molar-refractivity contribution in [2.24, 2.45) is 0 Å². The molecule has 0 aliphatic heterocycles. The first-order valence-electron chi connectivity index (χ1n) is 5.89. The Labute approximate surface area is 137 Å². The summed E-state index contributed by atoms with van der Waals surface area (Å²) in [5.74, 6) is -0.0448. The van der Waals surface area contributed by atoms with Gasteiger partial charge in [-0.05, 0) is 37.3 Å². The zero-order valence-corrected chi connectivity index (χ0v) is 13.7. The molecule has 1 unspecified atom stereocenters. The Morgan fingerprint density at radius 2 is 1.75 bits per heavy atom. The lowest BCUT2D eigenvalue weighted by Crippen LogP contribution is -2.14. The molecule has 1 atom stereocenters. The predicted molar refractivity (Wildman–Crippen MR) is 87.6 cm³/mol. The molecule has 0 saturated carbocycles. The molecule has 0 amide bonds. The van der Waals surface area contributed by atoms with E-state index in [9.17, 15) is 4.79 Å². The van der Waals surface area contributed by atoms with Gasteiger partial charge < -0.3 is 0 Å². The van der Waals surface area contributed by atoms with E-state index in [1.165, 1.54) is 11.8 Å². The van der Waals surface area contributed by atoms with Crippen LogP contribution in [0.1, 0.15) is 17.3 Å². The monoisotopic (exact) mass is 344 g/mol. The highest BCUT2D eigenvalue weighted by atomic mass is 35.5. The molecule has 20 heavy (non-hydrogen) atoms. The number of benzene rings is 2. The zero-order chi connectivity index (χ0) is 14.7. The van der Waals surface area contributed by atoms with E-state index in [0.29, 0.717) is 20.6 Å². The van der Waals surface area contributed by atoms with Crippen LogP contribution in [0.15, 0.2) is 47.4 Å². The molecule has 0 N–H and O–H groups in total. The van der Waals surface area contributed by atoms with E-state index >= 15 is 0 Å². The second-order valence-corrected chi connectivity index (χ2v) is 6.81. The first kappa shape index (κ1) is 15.7. The summed E-state index contributed by atoms with van der Waals surface area (Å²) in [4.78, 5) is 13.3. The Balaban J connectivity index is 2.19. The molecule has 0 heterocycles. The molecule has 2 aromatic rings. The smallest absolute Gasteiger partial charge is 0.177 e. The van der Waals surface area contributed by atoms with Gasteiger partial charge >= 0.3 is 0 Å². The van der Waals surface area contributed by atoms with Gasteiger partial charge in [-0.1, -0.05) is 46.9 Å². The van der Waals surface area contributed by atoms with Crippen LogP contribution in [0, 0.1) is 0 Å². The fourth-order valence-corrected chi connectivity index (χ4v) is 3.42. The summed E-state index contributed by atoms with van der Waals surface area (Å²) >= 11 is 19.4. The van der Waals surface area contributed by atoms with Gasteiger partial charge in [-0.15, -0.1) is 11.8 Å². The van der Waals surface area contributed by atoms with Gasteiger partial charge in [-0.3, -0.25) is 4.79 Å². The first-order chi connectivity index (χ1) is 9.49. The van der Waals surface area contributed by atoms with Crippen LogP contribution in [0.5, 0.6) is 0 Å². The van der Waals surface area contributed by atoms with Crippen LogP contribution in [-0.2, 0) is 0 Å². The molecule has 0 fully saturated rings. The lowest BCUT2D eigenvalue weighted by molar-refractivity contribution is 0.0994. The Morgan fingerprint density at radius 3 is 2.40 bits per heavy atom. The van der Waals surface area contributed by atoms with Crippen LogP contribution in [-0.4, -0.2) is 11.0 Å². The van der Waals surface area contributed by atoms with Crippen molar-refractivity contribution >= 4 is 52.3 Å². The number of ketones is 1. The molecule has 0 aliphatic rings. The molecular formula is C15H11Cl3OS. The van der Waals surface area contributed by atoms with Gasteiger partial charge in [0.15, 0.2) is 5.78 Å². The molecule has 0 saturated heterocycles. The number of hydrogen-bond acceptors (Lipinski definition) is 2. The zero-order valence-electron chi connectivity index (χ0n) is 10.6. The molecule has 0 aliphatic carbocycles. The molecule has 2 rings (SSSR count). The number of thioether (sulfide) groups is 1. The number of hydrogen-bond donors (Lipinski definition) is 0. The highest BCUT2D eigenvalue weighted by Crippen LogP contribution is 2.32. The van der Waals surface area contributed by atoms with E-state index in [2.05, 4.69) is 0 Å². The van der Waals surface area contributed by atoms with Gasteiger partial charge in [0, 0.05) is 15.5 Å². The van der Waals surface area contributed by atoms with Gasteiger partial charge in [0.25, 0.3) is 0 Å². The number of rotatable bonds is 4. The normalized spacial score (nSPS) is 12.2. The van der Waals surface area contributed by atoms with Crippen molar-refractivity contribution in [3.05, 3.63) is 63.1 Å². The minimum absolute atomic E-state index is 0.0448. The third-order valence-corrected chi connectivity index (χ3v) is 4.87. The second kappa shape index (κ2) is 6.86. The van der Waals surface area contributed by atoms with E-state index in [-0.39, 0.29) is 11.0 Å². The maximum Gasteiger partial charge on any atom is 0.177 e. The Hall–Kier alpha value is -0.670. The fraction of sp³-hybridized carbons (Fsp3) is 0.133. The van der Waals surface area contributed by atoms with Gasteiger partial charge in [0.2, 0.25) is 0 Å². The second-order valence-electron chi connectivity index (χ2n) is 4.18. The van der Waals surface area contributed by atoms with E-state index in [4.69, 9.17) is 34.8 Å². The topological polar surface area (TPSA) is 17.1 Å². The Kier molecular flexibility index (Phi) is 5.39. The molecular weight excluding hydrogens is 335 g/mol. The highest BCUT2D eigenvalue weighted by Gasteiger charge is 2.20. The summed E-state index contributed by atoms with van der Waals surface area (Å²) in [6, 6.07) is 12.3. The highest BCUT2D eigenvalue weighted by molar-refractivity contribution is 8.00. The lowest BCUT2D eigenvalue weighted by Gasteiger charge is -2.12. The average Bonchev–Trinajstić information content (AvgIpc) is 2.40. The number of carbonyl (C=O) groups is 1. The average molecular weight is 346 g/mol. The molecule has 104 valence electrons. The van der Waals surface area contributed by atoms with Crippen LogP contribution in [0.25, 0.3) is 0 Å². The van der Waals surface area contributed by atoms with Gasteiger partial charge in [-0.2, -0.15) is 0 Å². The Bertz CT molecular complexity index is 643. The van der Waals surface area contributed by atoms with Crippen LogP contribution in [0.4, 0.5) is 0 Å². The SMILES string of the molecule is CC(Sc1ccccc1Cl)C(=O)c1ccc(Cl)cc1Cl. The van der Waals surface area contributed by atoms with Crippen molar-refractivity contribution in [2.45, 2.75) is 17.1 Å². The van der Waals surface area contributed by atoms with Crippen LogP contribution in [0.3, 0.4) is 0 Å². The van der Waals surface area contributed by atoms with E-state index in [1.807, 2.05) is 25.1 Å². The molecule has 0 radical (unpaired) electrons. The standard InChI is InChI=1S/C15H11Cl3OS/c1-9(20-14-5-3-2-4-12(14)17)15(19)11-7-6-10(16)8-13(11)18/h2-9H,1H3. The minimum atomic E-state index is -0.284. The van der Waals surface area contributed by atoms with Gasteiger partial charge in [0.05, 0.1) is 15.3 Å². The summed E-state index contributed by atoms with van der Waals surface area (Å²) in [7, 11) is 0. The maximum atomic E-state index is 12.4. The molecule has 0 aromatic heterocycles. The molecule has 2 aromatic carbocycles. The summed E-state index contributed by atoms with van der Waals surface area (Å²) in [5.41, 5.74) is 0.475. The van der Waals surface area contributed by atoms with E-state index in [1.54, 1.807) is 24.3 Å². The summed E-state index contributed by atoms with van der Waals surface area (Å²) in [5, 5.41) is 1.24. The van der Waals surface area contributed by atoms with Crippen molar-refractivity contribution in [2.75, 3.05) is 0 Å². The minimum Gasteiger partial charge on any atom is -0.293 e. The van der Waals surface area contributed by atoms with Crippen molar-refractivity contribution in [3.8, 4) is 0 Å². The fourth-order valence-electron chi connectivity index (χ4n) is 1.69. The number of carbonyl (C=O) groups excluding carboxylic acids is 1. The Morgan fingerprint density at radius 1 is 1.05 bits per heavy atom.